The second-order valence-electron chi connectivity index (χ2n) is 4.61. The highest BCUT2D eigenvalue weighted by atomic mass is 19.1. The predicted molar refractivity (Wildman–Crippen MR) is 78.5 cm³/mol. The molecule has 0 radical (unpaired) electrons. The number of ether oxygens (including phenoxy) is 1. The van der Waals surface area contributed by atoms with E-state index in [1.165, 1.54) is 43.3 Å². The largest absolute Gasteiger partial charge is 0.478 e. The molecule has 2 aromatic carbocycles. The standard InChI is InChI=1S/C16H14F2N2O3/c1-10(23-14-9-5-4-8-13(14)18)15(21)19-20-16(22)11-6-2-3-7-12(11)17/h2-10H,1H3,(H,19,21)(H,20,22)/t10-/m1/s1. The number of hydrogen-bond donors (Lipinski definition) is 2. The SMILES string of the molecule is C[C@@H](Oc1ccccc1F)C(=O)NNC(=O)c1ccccc1F. The Morgan fingerprint density at radius 1 is 0.957 bits per heavy atom. The van der Waals surface area contributed by atoms with Crippen molar-refractivity contribution in [2.45, 2.75) is 13.0 Å². The molecule has 0 saturated heterocycles. The lowest BCUT2D eigenvalue weighted by Crippen LogP contribution is -2.47. The van der Waals surface area contributed by atoms with E-state index >= 15 is 0 Å². The number of nitrogens with one attached hydrogen (secondary N) is 2. The lowest BCUT2D eigenvalue weighted by molar-refractivity contribution is -0.128. The van der Waals surface area contributed by atoms with Crippen LogP contribution in [0.25, 0.3) is 0 Å². The Bertz CT molecular complexity index is 722. The highest BCUT2D eigenvalue weighted by Crippen LogP contribution is 2.16. The van der Waals surface area contributed by atoms with Gasteiger partial charge in [0, 0.05) is 0 Å². The highest BCUT2D eigenvalue weighted by Gasteiger charge is 2.18. The van der Waals surface area contributed by atoms with Crippen LogP contribution in [0.5, 0.6) is 5.75 Å². The Kier molecular flexibility index (Phi) is 5.24. The van der Waals surface area contributed by atoms with E-state index in [1.54, 1.807) is 6.07 Å². The van der Waals surface area contributed by atoms with Gasteiger partial charge in [-0.1, -0.05) is 24.3 Å². The minimum Gasteiger partial charge on any atom is -0.478 e. The van der Waals surface area contributed by atoms with E-state index in [4.69, 9.17) is 4.74 Å². The lowest BCUT2D eigenvalue weighted by Gasteiger charge is -2.15. The first-order valence-electron chi connectivity index (χ1n) is 6.75. The first-order valence-corrected chi connectivity index (χ1v) is 6.75. The molecule has 0 fully saturated rings. The van der Waals surface area contributed by atoms with Crippen molar-refractivity contribution in [1.82, 2.24) is 10.9 Å². The monoisotopic (exact) mass is 320 g/mol. The van der Waals surface area contributed by atoms with Crippen LogP contribution in [0.4, 0.5) is 8.78 Å². The summed E-state index contributed by atoms with van der Waals surface area (Å²) in [7, 11) is 0. The molecule has 1 atom stereocenters. The van der Waals surface area contributed by atoms with Crippen LogP contribution in [-0.2, 0) is 4.79 Å². The van der Waals surface area contributed by atoms with Crippen molar-refractivity contribution >= 4 is 11.8 Å². The van der Waals surface area contributed by atoms with E-state index in [0.29, 0.717) is 0 Å². The Labute approximate surface area is 131 Å². The molecular formula is C16H14F2N2O3. The maximum Gasteiger partial charge on any atom is 0.279 e. The Morgan fingerprint density at radius 3 is 2.22 bits per heavy atom. The Balaban J connectivity index is 1.91. The number of rotatable bonds is 4. The van der Waals surface area contributed by atoms with Crippen LogP contribution >= 0.6 is 0 Å². The highest BCUT2D eigenvalue weighted by molar-refractivity contribution is 5.95. The second kappa shape index (κ2) is 7.35. The molecule has 0 heterocycles. The number of hydrazine groups is 1. The van der Waals surface area contributed by atoms with Gasteiger partial charge in [-0.05, 0) is 31.2 Å². The number of hydrogen-bond acceptors (Lipinski definition) is 3. The fraction of sp³-hybridized carbons (Fsp3) is 0.125. The predicted octanol–water partition coefficient (Wildman–Crippen LogP) is 2.19. The van der Waals surface area contributed by atoms with Gasteiger partial charge in [0.05, 0.1) is 5.56 Å². The average Bonchev–Trinajstić information content (AvgIpc) is 2.54. The number of carbonyl (C=O) groups is 2. The summed E-state index contributed by atoms with van der Waals surface area (Å²) < 4.78 is 32.0. The van der Waals surface area contributed by atoms with E-state index in [2.05, 4.69) is 10.9 Å². The van der Waals surface area contributed by atoms with Crippen molar-refractivity contribution in [2.75, 3.05) is 0 Å². The molecule has 2 aromatic rings. The van der Waals surface area contributed by atoms with Crippen LogP contribution < -0.4 is 15.6 Å². The first-order chi connectivity index (χ1) is 11.0. The topological polar surface area (TPSA) is 67.4 Å². The Morgan fingerprint density at radius 2 is 1.57 bits per heavy atom. The zero-order chi connectivity index (χ0) is 16.8. The van der Waals surface area contributed by atoms with Crippen LogP contribution in [0, 0.1) is 11.6 Å². The van der Waals surface area contributed by atoms with Crippen molar-refractivity contribution in [3.8, 4) is 5.75 Å². The number of halogens is 2. The maximum absolute atomic E-state index is 13.4. The summed E-state index contributed by atoms with van der Waals surface area (Å²) in [5, 5.41) is 0. The number of para-hydroxylation sites is 1. The minimum absolute atomic E-state index is 0.0874. The zero-order valence-electron chi connectivity index (χ0n) is 12.2. The number of carbonyl (C=O) groups excluding carboxylic acids is 2. The van der Waals surface area contributed by atoms with Crippen LogP contribution in [-0.4, -0.2) is 17.9 Å². The molecule has 23 heavy (non-hydrogen) atoms. The summed E-state index contributed by atoms with van der Waals surface area (Å²) in [6.07, 6.45) is -1.06. The molecule has 0 aliphatic heterocycles. The minimum atomic E-state index is -1.06. The van der Waals surface area contributed by atoms with Gasteiger partial charge in [0.1, 0.15) is 5.82 Å². The molecule has 0 aromatic heterocycles. The van der Waals surface area contributed by atoms with Gasteiger partial charge in [-0.25, -0.2) is 8.78 Å². The quantitative estimate of drug-likeness (QED) is 0.849. The third-order valence-corrected chi connectivity index (χ3v) is 2.93. The molecule has 0 unspecified atom stereocenters. The van der Waals surface area contributed by atoms with Crippen LogP contribution in [0.15, 0.2) is 48.5 Å². The van der Waals surface area contributed by atoms with Crippen LogP contribution in [0.3, 0.4) is 0 Å². The van der Waals surface area contributed by atoms with E-state index < -0.39 is 29.6 Å². The third kappa shape index (κ3) is 4.26. The molecule has 0 aliphatic rings. The molecule has 0 saturated carbocycles. The molecule has 2 N–H and O–H groups in total. The van der Waals surface area contributed by atoms with Gasteiger partial charge in [-0.2, -0.15) is 0 Å². The summed E-state index contributed by atoms with van der Waals surface area (Å²) in [5.74, 6) is -2.93. The summed E-state index contributed by atoms with van der Waals surface area (Å²) in [4.78, 5) is 23.6. The van der Waals surface area contributed by atoms with Crippen molar-refractivity contribution in [3.05, 3.63) is 65.7 Å². The normalized spacial score (nSPS) is 11.4. The molecule has 2 rings (SSSR count). The molecule has 5 nitrogen and oxygen atoms in total. The van der Waals surface area contributed by atoms with Crippen molar-refractivity contribution in [2.24, 2.45) is 0 Å². The summed E-state index contributed by atoms with van der Waals surface area (Å²) in [6, 6.07) is 10.9. The molecule has 0 spiro atoms. The first kappa shape index (κ1) is 16.4. The summed E-state index contributed by atoms with van der Waals surface area (Å²) >= 11 is 0. The smallest absolute Gasteiger partial charge is 0.279 e. The van der Waals surface area contributed by atoms with E-state index in [0.717, 1.165) is 6.07 Å². The molecule has 0 bridgehead atoms. The molecule has 0 aliphatic carbocycles. The fourth-order valence-electron chi connectivity index (χ4n) is 1.72. The van der Waals surface area contributed by atoms with Gasteiger partial charge in [0.15, 0.2) is 17.7 Å². The third-order valence-electron chi connectivity index (χ3n) is 2.93. The average molecular weight is 320 g/mol. The van der Waals surface area contributed by atoms with E-state index in [-0.39, 0.29) is 11.3 Å². The van der Waals surface area contributed by atoms with Gasteiger partial charge in [-0.3, -0.25) is 20.4 Å². The van der Waals surface area contributed by atoms with Gasteiger partial charge < -0.3 is 4.74 Å². The van der Waals surface area contributed by atoms with Crippen LogP contribution in [0.2, 0.25) is 0 Å². The van der Waals surface area contributed by atoms with E-state index in [9.17, 15) is 18.4 Å². The molecular weight excluding hydrogens is 306 g/mol. The maximum atomic E-state index is 13.4. The second-order valence-corrected chi connectivity index (χ2v) is 4.61. The van der Waals surface area contributed by atoms with Crippen LogP contribution in [0.1, 0.15) is 17.3 Å². The molecule has 120 valence electrons. The van der Waals surface area contributed by atoms with Gasteiger partial charge in [0.2, 0.25) is 0 Å². The fourth-order valence-corrected chi connectivity index (χ4v) is 1.72. The van der Waals surface area contributed by atoms with Gasteiger partial charge in [0.25, 0.3) is 11.8 Å². The summed E-state index contributed by atoms with van der Waals surface area (Å²) in [5.41, 5.74) is 3.95. The van der Waals surface area contributed by atoms with Crippen molar-refractivity contribution < 1.29 is 23.1 Å². The van der Waals surface area contributed by atoms with Crippen molar-refractivity contribution in [3.63, 3.8) is 0 Å². The van der Waals surface area contributed by atoms with Gasteiger partial charge in [-0.15, -0.1) is 0 Å². The lowest BCUT2D eigenvalue weighted by atomic mass is 10.2. The summed E-state index contributed by atoms with van der Waals surface area (Å²) in [6.45, 7) is 1.39. The zero-order valence-corrected chi connectivity index (χ0v) is 12.2. The molecule has 7 heteroatoms. The number of benzene rings is 2. The number of amides is 2. The Hall–Kier alpha value is -2.96. The molecule has 2 amide bonds. The van der Waals surface area contributed by atoms with Crippen molar-refractivity contribution in [1.29, 1.82) is 0 Å². The van der Waals surface area contributed by atoms with E-state index in [1.807, 2.05) is 0 Å². The van der Waals surface area contributed by atoms with Gasteiger partial charge >= 0.3 is 0 Å².